The minimum absolute atomic E-state index is 0.0858. The van der Waals surface area contributed by atoms with E-state index in [1.807, 2.05) is 18.2 Å². The van der Waals surface area contributed by atoms with E-state index in [9.17, 15) is 15.2 Å². The first-order valence-electron chi connectivity index (χ1n) is 12.8. The molecular formula is C26H35N5O2. The summed E-state index contributed by atoms with van der Waals surface area (Å²) in [5.41, 5.74) is -0.108. The standard InChI is InChI=1S/C26H35N5O2/c1-17-14-30(16-25(15-27)5-6-25)7-8-31(17)22-4-2-3-21(28-22)24(32)29-23-19-9-18-10-20(23)13-26(33,11-18)12-19/h2-4,17-20,23,33H,5-14,16H2,1H3,(H,29,32)/t17-,18?,19?,20?,23?,26?/m1/s1. The number of nitrogens with zero attached hydrogens (tertiary/aromatic N) is 4. The number of hydrogen-bond acceptors (Lipinski definition) is 6. The summed E-state index contributed by atoms with van der Waals surface area (Å²) in [5.74, 6) is 2.19. The fourth-order valence-electron chi connectivity index (χ4n) is 7.55. The van der Waals surface area contributed by atoms with Gasteiger partial charge in [-0.25, -0.2) is 4.98 Å². The summed E-state index contributed by atoms with van der Waals surface area (Å²) in [5, 5.41) is 23.6. The second-order valence-corrected chi connectivity index (χ2v) is 11.7. The highest BCUT2D eigenvalue weighted by Crippen LogP contribution is 2.55. The van der Waals surface area contributed by atoms with Crippen molar-refractivity contribution >= 4 is 11.7 Å². The molecule has 1 aromatic heterocycles. The summed E-state index contributed by atoms with van der Waals surface area (Å²) in [6.07, 6.45) is 6.92. The molecule has 1 amide bonds. The summed E-state index contributed by atoms with van der Waals surface area (Å²) in [7, 11) is 0. The van der Waals surface area contributed by atoms with E-state index in [1.165, 1.54) is 0 Å². The molecule has 1 aromatic rings. The van der Waals surface area contributed by atoms with Gasteiger partial charge in [-0.05, 0) is 81.8 Å². The molecule has 6 fully saturated rings. The average molecular weight is 450 g/mol. The van der Waals surface area contributed by atoms with E-state index in [-0.39, 0.29) is 23.4 Å². The number of nitrogens with one attached hydrogen (secondary N) is 1. The van der Waals surface area contributed by atoms with E-state index in [1.54, 1.807) is 0 Å². The Morgan fingerprint density at radius 3 is 2.64 bits per heavy atom. The van der Waals surface area contributed by atoms with Gasteiger partial charge in [0, 0.05) is 38.3 Å². The molecule has 176 valence electrons. The summed E-state index contributed by atoms with van der Waals surface area (Å²) >= 11 is 0. The summed E-state index contributed by atoms with van der Waals surface area (Å²) < 4.78 is 0. The molecule has 0 aromatic carbocycles. The van der Waals surface area contributed by atoms with Crippen LogP contribution in [0.1, 0.15) is 62.4 Å². The summed E-state index contributed by atoms with van der Waals surface area (Å²) in [6, 6.07) is 8.70. The molecule has 5 saturated carbocycles. The number of aromatic nitrogens is 1. The summed E-state index contributed by atoms with van der Waals surface area (Å²) in [4.78, 5) is 22.7. The Morgan fingerprint density at radius 2 is 2.00 bits per heavy atom. The molecule has 0 radical (unpaired) electrons. The van der Waals surface area contributed by atoms with E-state index in [0.29, 0.717) is 23.4 Å². The molecule has 2 N–H and O–H groups in total. The van der Waals surface area contributed by atoms with Crippen LogP contribution >= 0.6 is 0 Å². The van der Waals surface area contributed by atoms with E-state index < -0.39 is 5.60 Å². The van der Waals surface area contributed by atoms with Crippen LogP contribution < -0.4 is 10.2 Å². The molecule has 7 heteroatoms. The molecule has 1 saturated heterocycles. The normalized spacial score (nSPS) is 38.7. The van der Waals surface area contributed by atoms with E-state index in [0.717, 1.165) is 76.9 Å². The predicted octanol–water partition coefficient (Wildman–Crippen LogP) is 2.57. The maximum absolute atomic E-state index is 13.2. The number of hydrogen-bond donors (Lipinski definition) is 2. The second kappa shape index (κ2) is 7.68. The zero-order chi connectivity index (χ0) is 22.8. The van der Waals surface area contributed by atoms with Crippen LogP contribution in [-0.4, -0.2) is 64.8 Å². The SMILES string of the molecule is C[C@@H]1CN(CC2(C#N)CC2)CCN1c1cccc(C(=O)NC2C3CC4CC2CC(O)(C4)C3)n1. The fraction of sp³-hybridized carbons (Fsp3) is 0.731. The van der Waals surface area contributed by atoms with Crippen molar-refractivity contribution in [2.24, 2.45) is 23.2 Å². The molecule has 4 bridgehead atoms. The molecule has 1 aliphatic heterocycles. The van der Waals surface area contributed by atoms with Crippen LogP contribution in [-0.2, 0) is 0 Å². The van der Waals surface area contributed by atoms with Gasteiger partial charge in [0.25, 0.3) is 5.91 Å². The fourth-order valence-corrected chi connectivity index (χ4v) is 7.55. The number of pyridine rings is 1. The molecular weight excluding hydrogens is 414 g/mol. The van der Waals surface area contributed by atoms with Crippen molar-refractivity contribution in [1.29, 1.82) is 5.26 Å². The number of amides is 1. The van der Waals surface area contributed by atoms with Crippen molar-refractivity contribution in [3.05, 3.63) is 23.9 Å². The van der Waals surface area contributed by atoms with Crippen molar-refractivity contribution in [3.8, 4) is 6.07 Å². The predicted molar refractivity (Wildman–Crippen MR) is 125 cm³/mol. The van der Waals surface area contributed by atoms with E-state index >= 15 is 0 Å². The molecule has 0 spiro atoms. The Labute approximate surface area is 196 Å². The van der Waals surface area contributed by atoms with Gasteiger partial charge in [-0.2, -0.15) is 5.26 Å². The maximum atomic E-state index is 13.2. The van der Waals surface area contributed by atoms with Gasteiger partial charge in [-0.3, -0.25) is 9.69 Å². The third kappa shape index (κ3) is 3.91. The minimum Gasteiger partial charge on any atom is -0.390 e. The quantitative estimate of drug-likeness (QED) is 0.718. The molecule has 3 atom stereocenters. The van der Waals surface area contributed by atoms with Crippen LogP contribution in [0.15, 0.2) is 18.2 Å². The lowest BCUT2D eigenvalue weighted by Gasteiger charge is -2.58. The lowest BCUT2D eigenvalue weighted by Crippen LogP contribution is -2.61. The van der Waals surface area contributed by atoms with Gasteiger partial charge in [-0.15, -0.1) is 0 Å². The Hall–Kier alpha value is -2.17. The van der Waals surface area contributed by atoms with Crippen LogP contribution in [0.2, 0.25) is 0 Å². The van der Waals surface area contributed by atoms with Gasteiger partial charge in [-0.1, -0.05) is 6.07 Å². The first-order valence-corrected chi connectivity index (χ1v) is 12.8. The number of piperazine rings is 1. The van der Waals surface area contributed by atoms with Crippen molar-refractivity contribution in [3.63, 3.8) is 0 Å². The maximum Gasteiger partial charge on any atom is 0.270 e. The van der Waals surface area contributed by atoms with Gasteiger partial charge in [0.2, 0.25) is 0 Å². The largest absolute Gasteiger partial charge is 0.390 e. The van der Waals surface area contributed by atoms with Crippen LogP contribution in [0.3, 0.4) is 0 Å². The lowest BCUT2D eigenvalue weighted by atomic mass is 9.52. The van der Waals surface area contributed by atoms with Crippen molar-refractivity contribution in [2.75, 3.05) is 31.1 Å². The highest BCUT2D eigenvalue weighted by Gasteiger charge is 2.55. The van der Waals surface area contributed by atoms with Crippen LogP contribution in [0.5, 0.6) is 0 Å². The third-order valence-electron chi connectivity index (χ3n) is 9.13. The lowest BCUT2D eigenvalue weighted by molar-refractivity contribution is -0.136. The number of carbonyl (C=O) groups is 1. The smallest absolute Gasteiger partial charge is 0.270 e. The second-order valence-electron chi connectivity index (χ2n) is 11.7. The third-order valence-corrected chi connectivity index (χ3v) is 9.13. The van der Waals surface area contributed by atoms with Crippen LogP contribution in [0.25, 0.3) is 0 Å². The zero-order valence-corrected chi connectivity index (χ0v) is 19.5. The van der Waals surface area contributed by atoms with Gasteiger partial charge < -0.3 is 15.3 Å². The molecule has 2 heterocycles. The Kier molecular flexibility index (Phi) is 4.97. The Morgan fingerprint density at radius 1 is 1.24 bits per heavy atom. The highest BCUT2D eigenvalue weighted by atomic mass is 16.3. The average Bonchev–Trinajstić information content (AvgIpc) is 3.55. The monoisotopic (exact) mass is 449 g/mol. The molecule has 7 nitrogen and oxygen atoms in total. The van der Waals surface area contributed by atoms with Gasteiger partial charge >= 0.3 is 0 Å². The van der Waals surface area contributed by atoms with Crippen LogP contribution in [0.4, 0.5) is 5.82 Å². The van der Waals surface area contributed by atoms with Crippen molar-refractivity contribution < 1.29 is 9.90 Å². The van der Waals surface area contributed by atoms with E-state index in [2.05, 4.69) is 28.1 Å². The van der Waals surface area contributed by atoms with Gasteiger partial charge in [0.15, 0.2) is 0 Å². The van der Waals surface area contributed by atoms with Gasteiger partial charge in [0.05, 0.1) is 17.1 Å². The zero-order valence-electron chi connectivity index (χ0n) is 19.5. The Bertz CT molecular complexity index is 969. The van der Waals surface area contributed by atoms with Crippen molar-refractivity contribution in [1.82, 2.24) is 15.2 Å². The number of nitriles is 1. The number of carbonyl (C=O) groups excluding carboxylic acids is 1. The Balaban J connectivity index is 1.11. The topological polar surface area (TPSA) is 92.5 Å². The van der Waals surface area contributed by atoms with Crippen LogP contribution in [0, 0.1) is 34.5 Å². The minimum atomic E-state index is -0.486. The van der Waals surface area contributed by atoms with Crippen molar-refractivity contribution in [2.45, 2.75) is 69.6 Å². The first kappa shape index (κ1) is 21.4. The molecule has 5 aliphatic carbocycles. The first-order chi connectivity index (χ1) is 15.9. The molecule has 2 unspecified atom stereocenters. The number of aliphatic hydroxyl groups is 1. The highest BCUT2D eigenvalue weighted by molar-refractivity contribution is 5.93. The molecule has 6 aliphatic rings. The summed E-state index contributed by atoms with van der Waals surface area (Å²) in [6.45, 7) is 5.76. The number of rotatable bonds is 5. The van der Waals surface area contributed by atoms with Gasteiger partial charge in [0.1, 0.15) is 11.5 Å². The molecule has 33 heavy (non-hydrogen) atoms. The number of anilines is 1. The molecule has 7 rings (SSSR count). The van der Waals surface area contributed by atoms with E-state index in [4.69, 9.17) is 4.98 Å².